The van der Waals surface area contributed by atoms with Gasteiger partial charge < -0.3 is 16.0 Å². The zero-order valence-corrected chi connectivity index (χ0v) is 9.97. The SMILES string of the molecule is N[C@@H]1CCCN(c2cc(NC3CC3)ncn2)C1. The highest BCUT2D eigenvalue weighted by Crippen LogP contribution is 2.25. The fraction of sp³-hybridized carbons (Fsp3) is 0.667. The first-order valence-corrected chi connectivity index (χ1v) is 6.40. The summed E-state index contributed by atoms with van der Waals surface area (Å²) < 4.78 is 0. The largest absolute Gasteiger partial charge is 0.367 e. The Morgan fingerprint density at radius 3 is 2.94 bits per heavy atom. The van der Waals surface area contributed by atoms with E-state index in [1.807, 2.05) is 6.07 Å². The lowest BCUT2D eigenvalue weighted by Gasteiger charge is -2.31. The Labute approximate surface area is 101 Å². The van der Waals surface area contributed by atoms with E-state index in [9.17, 15) is 0 Å². The fourth-order valence-corrected chi connectivity index (χ4v) is 2.25. The maximum atomic E-state index is 5.99. The van der Waals surface area contributed by atoms with Crippen LogP contribution in [0.5, 0.6) is 0 Å². The number of aromatic nitrogens is 2. The molecule has 5 nitrogen and oxygen atoms in total. The first-order chi connectivity index (χ1) is 8.31. The third kappa shape index (κ3) is 2.66. The maximum Gasteiger partial charge on any atom is 0.134 e. The molecule has 17 heavy (non-hydrogen) atoms. The van der Waals surface area contributed by atoms with E-state index in [2.05, 4.69) is 20.2 Å². The summed E-state index contributed by atoms with van der Waals surface area (Å²) in [5.74, 6) is 1.94. The summed E-state index contributed by atoms with van der Waals surface area (Å²) >= 11 is 0. The number of hydrogen-bond acceptors (Lipinski definition) is 5. The van der Waals surface area contributed by atoms with Crippen LogP contribution in [-0.2, 0) is 0 Å². The maximum absolute atomic E-state index is 5.99. The van der Waals surface area contributed by atoms with Gasteiger partial charge in [0, 0.05) is 31.2 Å². The molecule has 1 atom stereocenters. The molecule has 2 heterocycles. The molecule has 1 aromatic rings. The number of nitrogens with zero attached hydrogens (tertiary/aromatic N) is 3. The number of anilines is 2. The molecule has 3 rings (SSSR count). The van der Waals surface area contributed by atoms with Crippen LogP contribution in [0.4, 0.5) is 11.6 Å². The molecule has 2 fully saturated rings. The Bertz CT molecular complexity index is 390. The molecule has 1 aromatic heterocycles. The predicted molar refractivity (Wildman–Crippen MR) is 68.1 cm³/mol. The van der Waals surface area contributed by atoms with E-state index in [1.54, 1.807) is 6.33 Å². The minimum Gasteiger partial charge on any atom is -0.367 e. The molecule has 2 aliphatic rings. The molecule has 1 aliphatic heterocycles. The second kappa shape index (κ2) is 4.49. The molecule has 1 saturated carbocycles. The Morgan fingerprint density at radius 1 is 1.29 bits per heavy atom. The summed E-state index contributed by atoms with van der Waals surface area (Å²) in [7, 11) is 0. The molecule has 1 saturated heterocycles. The normalized spacial score (nSPS) is 24.8. The van der Waals surface area contributed by atoms with Crippen LogP contribution in [0.25, 0.3) is 0 Å². The average molecular weight is 233 g/mol. The van der Waals surface area contributed by atoms with Crippen LogP contribution in [0.2, 0.25) is 0 Å². The van der Waals surface area contributed by atoms with Crippen molar-refractivity contribution in [1.29, 1.82) is 0 Å². The third-order valence-corrected chi connectivity index (χ3v) is 3.36. The topological polar surface area (TPSA) is 67.1 Å². The molecule has 1 aliphatic carbocycles. The van der Waals surface area contributed by atoms with Gasteiger partial charge in [-0.05, 0) is 25.7 Å². The van der Waals surface area contributed by atoms with Crippen molar-refractivity contribution in [2.24, 2.45) is 5.73 Å². The van der Waals surface area contributed by atoms with Crippen molar-refractivity contribution in [3.63, 3.8) is 0 Å². The highest BCUT2D eigenvalue weighted by Gasteiger charge is 2.22. The summed E-state index contributed by atoms with van der Waals surface area (Å²) in [6, 6.07) is 2.94. The van der Waals surface area contributed by atoms with Gasteiger partial charge in [0.25, 0.3) is 0 Å². The van der Waals surface area contributed by atoms with Gasteiger partial charge in [-0.15, -0.1) is 0 Å². The zero-order chi connectivity index (χ0) is 11.7. The van der Waals surface area contributed by atoms with Crippen molar-refractivity contribution in [1.82, 2.24) is 9.97 Å². The molecular weight excluding hydrogens is 214 g/mol. The number of hydrogen-bond donors (Lipinski definition) is 2. The summed E-state index contributed by atoms with van der Waals surface area (Å²) in [5, 5.41) is 3.40. The Balaban J connectivity index is 1.72. The molecule has 0 radical (unpaired) electrons. The lowest BCUT2D eigenvalue weighted by atomic mass is 10.1. The lowest BCUT2D eigenvalue weighted by Crippen LogP contribution is -2.43. The second-order valence-electron chi connectivity index (χ2n) is 5.03. The smallest absolute Gasteiger partial charge is 0.134 e. The number of nitrogens with two attached hydrogens (primary N) is 1. The number of rotatable bonds is 3. The molecule has 0 amide bonds. The van der Waals surface area contributed by atoms with E-state index >= 15 is 0 Å². The molecule has 3 N–H and O–H groups in total. The molecule has 0 aromatic carbocycles. The highest BCUT2D eigenvalue weighted by molar-refractivity contribution is 5.49. The fourth-order valence-electron chi connectivity index (χ4n) is 2.25. The Hall–Kier alpha value is -1.36. The zero-order valence-electron chi connectivity index (χ0n) is 9.97. The minimum atomic E-state index is 0.276. The van der Waals surface area contributed by atoms with Gasteiger partial charge in [0.15, 0.2) is 0 Å². The van der Waals surface area contributed by atoms with Crippen molar-refractivity contribution in [3.05, 3.63) is 12.4 Å². The van der Waals surface area contributed by atoms with Gasteiger partial charge in [-0.2, -0.15) is 0 Å². The molecule has 0 unspecified atom stereocenters. The number of piperidine rings is 1. The van der Waals surface area contributed by atoms with Crippen LogP contribution in [0.1, 0.15) is 25.7 Å². The van der Waals surface area contributed by atoms with E-state index in [1.165, 1.54) is 12.8 Å². The molecular formula is C12H19N5. The van der Waals surface area contributed by atoms with Gasteiger partial charge >= 0.3 is 0 Å². The lowest BCUT2D eigenvalue weighted by molar-refractivity contribution is 0.503. The highest BCUT2D eigenvalue weighted by atomic mass is 15.2. The first kappa shape index (κ1) is 10.8. The van der Waals surface area contributed by atoms with Gasteiger partial charge in [-0.25, -0.2) is 9.97 Å². The van der Waals surface area contributed by atoms with E-state index in [0.717, 1.165) is 37.6 Å². The summed E-state index contributed by atoms with van der Waals surface area (Å²) in [5.41, 5.74) is 5.99. The molecule has 0 bridgehead atoms. The van der Waals surface area contributed by atoms with E-state index in [-0.39, 0.29) is 6.04 Å². The van der Waals surface area contributed by atoms with Crippen LogP contribution in [0.15, 0.2) is 12.4 Å². The first-order valence-electron chi connectivity index (χ1n) is 6.40. The third-order valence-electron chi connectivity index (χ3n) is 3.36. The van der Waals surface area contributed by atoms with Crippen LogP contribution < -0.4 is 16.0 Å². The van der Waals surface area contributed by atoms with Gasteiger partial charge in [0.2, 0.25) is 0 Å². The van der Waals surface area contributed by atoms with Crippen LogP contribution in [0.3, 0.4) is 0 Å². The van der Waals surface area contributed by atoms with E-state index in [4.69, 9.17) is 5.73 Å². The summed E-state index contributed by atoms with van der Waals surface area (Å²) in [6.45, 7) is 1.95. The van der Waals surface area contributed by atoms with E-state index < -0.39 is 0 Å². The number of nitrogens with one attached hydrogen (secondary N) is 1. The van der Waals surface area contributed by atoms with Gasteiger partial charge in [0.1, 0.15) is 18.0 Å². The molecule has 5 heteroatoms. The van der Waals surface area contributed by atoms with Crippen LogP contribution >= 0.6 is 0 Å². The summed E-state index contributed by atoms with van der Waals surface area (Å²) in [4.78, 5) is 10.9. The van der Waals surface area contributed by atoms with Crippen molar-refractivity contribution in [2.45, 2.75) is 37.8 Å². The standard InChI is InChI=1S/C12H19N5/c13-9-2-1-5-17(7-9)12-6-11(14-8-15-12)16-10-3-4-10/h6,8-10H,1-5,7,13H2,(H,14,15,16)/t9-/m1/s1. The Kier molecular flexibility index (Phi) is 2.84. The van der Waals surface area contributed by atoms with Gasteiger partial charge in [-0.3, -0.25) is 0 Å². The van der Waals surface area contributed by atoms with Crippen molar-refractivity contribution in [3.8, 4) is 0 Å². The van der Waals surface area contributed by atoms with Gasteiger partial charge in [-0.1, -0.05) is 0 Å². The quantitative estimate of drug-likeness (QED) is 0.814. The van der Waals surface area contributed by atoms with Crippen LogP contribution in [-0.4, -0.2) is 35.1 Å². The van der Waals surface area contributed by atoms with Crippen molar-refractivity contribution >= 4 is 11.6 Å². The molecule has 0 spiro atoms. The van der Waals surface area contributed by atoms with Crippen LogP contribution in [0, 0.1) is 0 Å². The monoisotopic (exact) mass is 233 g/mol. The Morgan fingerprint density at radius 2 is 2.18 bits per heavy atom. The second-order valence-corrected chi connectivity index (χ2v) is 5.03. The van der Waals surface area contributed by atoms with Crippen molar-refractivity contribution in [2.75, 3.05) is 23.3 Å². The minimum absolute atomic E-state index is 0.276. The predicted octanol–water partition coefficient (Wildman–Crippen LogP) is 0.978. The summed E-state index contributed by atoms with van der Waals surface area (Å²) in [6.07, 6.45) is 6.42. The van der Waals surface area contributed by atoms with E-state index in [0.29, 0.717) is 6.04 Å². The van der Waals surface area contributed by atoms with Crippen molar-refractivity contribution < 1.29 is 0 Å². The average Bonchev–Trinajstić information content (AvgIpc) is 3.13. The molecule has 92 valence electrons. The van der Waals surface area contributed by atoms with Gasteiger partial charge in [0.05, 0.1) is 0 Å².